The van der Waals surface area contributed by atoms with E-state index in [9.17, 15) is 13.5 Å². The average Bonchev–Trinajstić information content (AvgIpc) is 3.02. The molecule has 1 N–H and O–H groups in total. The number of aliphatic hydroxyl groups excluding tert-OH is 1. The third-order valence-corrected chi connectivity index (χ3v) is 8.59. The number of aryl methyl sites for hydroxylation is 2. The fraction of sp³-hybridized carbons (Fsp3) is 0.500. The summed E-state index contributed by atoms with van der Waals surface area (Å²) in [7, 11) is -1.83. The lowest BCUT2D eigenvalue weighted by atomic mass is 9.75. The molecule has 3 rings (SSSR count). The molecule has 148 valence electrons. The lowest BCUT2D eigenvalue weighted by Gasteiger charge is -2.40. The second-order valence-corrected chi connectivity index (χ2v) is 10.7. The van der Waals surface area contributed by atoms with Crippen molar-refractivity contribution in [3.63, 3.8) is 0 Å². The molecular weight excluding hydrogens is 382 g/mol. The third-order valence-electron chi connectivity index (χ3n) is 5.47. The van der Waals surface area contributed by atoms with Crippen molar-refractivity contribution in [2.75, 3.05) is 26.8 Å². The van der Waals surface area contributed by atoms with Gasteiger partial charge in [-0.05, 0) is 62.3 Å². The fourth-order valence-corrected chi connectivity index (χ4v) is 6.74. The number of thiophene rings is 1. The van der Waals surface area contributed by atoms with E-state index in [1.165, 1.54) is 11.3 Å². The zero-order chi connectivity index (χ0) is 19.7. The van der Waals surface area contributed by atoms with Crippen LogP contribution in [-0.4, -0.2) is 44.6 Å². The summed E-state index contributed by atoms with van der Waals surface area (Å²) in [5.41, 5.74) is 0.852. The summed E-state index contributed by atoms with van der Waals surface area (Å²) in [6.07, 6.45) is 2.03. The van der Waals surface area contributed by atoms with Crippen LogP contribution in [0, 0.1) is 19.3 Å². The predicted octanol–water partition coefficient (Wildman–Crippen LogP) is 3.38. The molecule has 0 spiro atoms. The van der Waals surface area contributed by atoms with Crippen LogP contribution in [0.3, 0.4) is 0 Å². The number of hydrogen-bond donors (Lipinski definition) is 1. The van der Waals surface area contributed by atoms with Gasteiger partial charge >= 0.3 is 0 Å². The number of benzene rings is 1. The Morgan fingerprint density at radius 3 is 2.30 bits per heavy atom. The number of aliphatic hydroxyl groups is 1. The van der Waals surface area contributed by atoms with Gasteiger partial charge in [0.2, 0.25) is 10.0 Å². The average molecular weight is 410 g/mol. The van der Waals surface area contributed by atoms with Crippen LogP contribution in [0.5, 0.6) is 5.75 Å². The van der Waals surface area contributed by atoms with Gasteiger partial charge in [0.15, 0.2) is 0 Å². The van der Waals surface area contributed by atoms with Crippen LogP contribution in [0.25, 0.3) is 0 Å². The van der Waals surface area contributed by atoms with Gasteiger partial charge in [0, 0.05) is 29.5 Å². The zero-order valence-electron chi connectivity index (χ0n) is 16.1. The minimum atomic E-state index is -3.47. The van der Waals surface area contributed by atoms with Gasteiger partial charge in [0.05, 0.1) is 12.0 Å². The van der Waals surface area contributed by atoms with E-state index in [1.807, 2.05) is 38.1 Å². The molecule has 0 bridgehead atoms. The highest BCUT2D eigenvalue weighted by molar-refractivity contribution is 7.89. The van der Waals surface area contributed by atoms with E-state index in [0.717, 1.165) is 27.5 Å². The summed E-state index contributed by atoms with van der Waals surface area (Å²) in [5.74, 6) is 0.805. The molecule has 1 aliphatic heterocycles. The van der Waals surface area contributed by atoms with E-state index < -0.39 is 10.0 Å². The third kappa shape index (κ3) is 4.21. The Morgan fingerprint density at radius 2 is 1.81 bits per heavy atom. The van der Waals surface area contributed by atoms with E-state index in [-0.39, 0.29) is 12.0 Å². The maximum Gasteiger partial charge on any atom is 0.244 e. The number of methoxy groups -OCH3 is 1. The van der Waals surface area contributed by atoms with Crippen molar-refractivity contribution in [1.82, 2.24) is 4.31 Å². The molecule has 2 heterocycles. The molecule has 1 fully saturated rings. The standard InChI is InChI=1S/C20H27NO4S2/c1-15-12-19(16(2)26-15)27(23,24)21-10-8-20(14-22,9-11-21)13-17-4-6-18(25-3)7-5-17/h4-7,12,22H,8-11,13-14H2,1-3H3. The second kappa shape index (κ2) is 7.91. The van der Waals surface area contributed by atoms with Gasteiger partial charge in [0.25, 0.3) is 0 Å². The highest BCUT2D eigenvalue weighted by Gasteiger charge is 2.39. The molecule has 0 radical (unpaired) electrons. The molecular formula is C20H27NO4S2. The number of nitrogens with zero attached hydrogens (tertiary/aromatic N) is 1. The van der Waals surface area contributed by atoms with Crippen LogP contribution < -0.4 is 4.74 Å². The largest absolute Gasteiger partial charge is 0.497 e. The van der Waals surface area contributed by atoms with Gasteiger partial charge in [-0.15, -0.1) is 11.3 Å². The van der Waals surface area contributed by atoms with Crippen molar-refractivity contribution in [3.8, 4) is 5.75 Å². The molecule has 1 aromatic carbocycles. The maximum absolute atomic E-state index is 13.0. The first-order valence-corrected chi connectivity index (χ1v) is 11.4. The molecule has 0 atom stereocenters. The van der Waals surface area contributed by atoms with E-state index in [2.05, 4.69) is 0 Å². The molecule has 7 heteroatoms. The normalized spacial score (nSPS) is 17.8. The van der Waals surface area contributed by atoms with Crippen LogP contribution in [0.1, 0.15) is 28.2 Å². The number of hydrogen-bond acceptors (Lipinski definition) is 5. The van der Waals surface area contributed by atoms with E-state index in [1.54, 1.807) is 17.5 Å². The molecule has 0 aliphatic carbocycles. The van der Waals surface area contributed by atoms with Crippen LogP contribution in [0.2, 0.25) is 0 Å². The zero-order valence-corrected chi connectivity index (χ0v) is 17.7. The molecule has 0 unspecified atom stereocenters. The Labute approximate surface area is 165 Å². The smallest absolute Gasteiger partial charge is 0.244 e. The molecule has 0 amide bonds. The molecule has 0 saturated carbocycles. The van der Waals surface area contributed by atoms with Crippen molar-refractivity contribution in [3.05, 3.63) is 45.6 Å². The summed E-state index contributed by atoms with van der Waals surface area (Å²) in [5, 5.41) is 10.1. The quantitative estimate of drug-likeness (QED) is 0.794. The van der Waals surface area contributed by atoms with E-state index in [4.69, 9.17) is 4.74 Å². The SMILES string of the molecule is COc1ccc(CC2(CO)CCN(S(=O)(=O)c3cc(C)sc3C)CC2)cc1. The number of ether oxygens (including phenoxy) is 1. The number of piperidine rings is 1. The van der Waals surface area contributed by atoms with Gasteiger partial charge in [-0.1, -0.05) is 12.1 Å². The summed E-state index contributed by atoms with van der Waals surface area (Å²) < 4.78 is 32.8. The summed E-state index contributed by atoms with van der Waals surface area (Å²) in [4.78, 5) is 2.27. The van der Waals surface area contributed by atoms with Crippen molar-refractivity contribution in [2.45, 2.75) is 38.0 Å². The summed E-state index contributed by atoms with van der Waals surface area (Å²) in [6, 6.07) is 9.62. The lowest BCUT2D eigenvalue weighted by Crippen LogP contribution is -2.45. The van der Waals surface area contributed by atoms with Crippen LogP contribution in [0.15, 0.2) is 35.2 Å². The fourth-order valence-electron chi connectivity index (χ4n) is 3.77. The molecule has 1 aromatic heterocycles. The van der Waals surface area contributed by atoms with Crippen molar-refractivity contribution in [1.29, 1.82) is 0 Å². The Hall–Kier alpha value is -1.41. The van der Waals surface area contributed by atoms with Gasteiger partial charge in [-0.2, -0.15) is 4.31 Å². The topological polar surface area (TPSA) is 66.8 Å². The predicted molar refractivity (Wildman–Crippen MR) is 108 cm³/mol. The second-order valence-electron chi connectivity index (χ2n) is 7.36. The van der Waals surface area contributed by atoms with Crippen LogP contribution in [-0.2, 0) is 16.4 Å². The number of rotatable bonds is 6. The Kier molecular flexibility index (Phi) is 5.96. The van der Waals surface area contributed by atoms with Crippen molar-refractivity contribution >= 4 is 21.4 Å². The van der Waals surface area contributed by atoms with Gasteiger partial charge in [-0.25, -0.2) is 8.42 Å². The highest BCUT2D eigenvalue weighted by atomic mass is 32.2. The minimum Gasteiger partial charge on any atom is -0.497 e. The monoisotopic (exact) mass is 409 g/mol. The molecule has 27 heavy (non-hydrogen) atoms. The summed E-state index contributed by atoms with van der Waals surface area (Å²) in [6.45, 7) is 4.72. The molecule has 5 nitrogen and oxygen atoms in total. The van der Waals surface area contributed by atoms with E-state index in [0.29, 0.717) is 30.8 Å². The van der Waals surface area contributed by atoms with Gasteiger partial charge in [-0.3, -0.25) is 0 Å². The minimum absolute atomic E-state index is 0.0590. The van der Waals surface area contributed by atoms with Gasteiger partial charge < -0.3 is 9.84 Å². The Morgan fingerprint density at radius 1 is 1.19 bits per heavy atom. The summed E-state index contributed by atoms with van der Waals surface area (Å²) >= 11 is 1.51. The van der Waals surface area contributed by atoms with E-state index >= 15 is 0 Å². The highest BCUT2D eigenvalue weighted by Crippen LogP contribution is 2.38. The Balaban J connectivity index is 1.72. The van der Waals surface area contributed by atoms with Gasteiger partial charge in [0.1, 0.15) is 5.75 Å². The molecule has 2 aromatic rings. The Bertz CT molecular complexity index is 879. The van der Waals surface area contributed by atoms with Crippen LogP contribution >= 0.6 is 11.3 Å². The maximum atomic E-state index is 13.0. The molecule has 1 aliphatic rings. The van der Waals surface area contributed by atoms with Crippen molar-refractivity contribution < 1.29 is 18.3 Å². The van der Waals surface area contributed by atoms with Crippen LogP contribution in [0.4, 0.5) is 0 Å². The lowest BCUT2D eigenvalue weighted by molar-refractivity contribution is 0.0684. The molecule has 1 saturated heterocycles. The first-order valence-electron chi connectivity index (χ1n) is 9.11. The number of sulfonamides is 1. The first-order chi connectivity index (χ1) is 12.8. The van der Waals surface area contributed by atoms with Crippen molar-refractivity contribution in [2.24, 2.45) is 5.41 Å². The first kappa shape index (κ1) is 20.3.